The fraction of sp³-hybridized carbons (Fsp3) is 0.500. The van der Waals surface area contributed by atoms with Crippen LogP contribution >= 0.6 is 0 Å². The predicted molar refractivity (Wildman–Crippen MR) is 64.1 cm³/mol. The Morgan fingerprint density at radius 3 is 2.50 bits per heavy atom. The summed E-state index contributed by atoms with van der Waals surface area (Å²) in [4.78, 5) is 11.2. The number of benzene rings is 1. The van der Waals surface area contributed by atoms with E-state index in [4.69, 9.17) is 0 Å². The topological polar surface area (TPSA) is 37.3 Å². The average molecular weight is 218 g/mol. The summed E-state index contributed by atoms with van der Waals surface area (Å²) < 4.78 is 0. The first-order valence-electron chi connectivity index (χ1n) is 5.79. The van der Waals surface area contributed by atoms with Gasteiger partial charge in [-0.1, -0.05) is 26.8 Å². The summed E-state index contributed by atoms with van der Waals surface area (Å²) in [5.74, 6) is -0.788. The van der Waals surface area contributed by atoms with Gasteiger partial charge in [-0.2, -0.15) is 0 Å². The lowest BCUT2D eigenvalue weighted by Gasteiger charge is -2.21. The zero-order chi connectivity index (χ0) is 11.9. The number of rotatable bonds is 1. The lowest BCUT2D eigenvalue weighted by atomic mass is 9.84. The van der Waals surface area contributed by atoms with Crippen molar-refractivity contribution in [2.45, 2.75) is 45.4 Å². The van der Waals surface area contributed by atoms with Crippen LogP contribution in [0.25, 0.3) is 0 Å². The Morgan fingerprint density at radius 1 is 1.25 bits per heavy atom. The fourth-order valence-electron chi connectivity index (χ4n) is 2.33. The minimum Gasteiger partial charge on any atom is -0.478 e. The molecule has 0 aliphatic heterocycles. The number of fused-ring (bicyclic) bond motifs is 1. The van der Waals surface area contributed by atoms with Crippen molar-refractivity contribution in [1.82, 2.24) is 0 Å². The maximum Gasteiger partial charge on any atom is 0.335 e. The van der Waals surface area contributed by atoms with Crippen LogP contribution in [0.15, 0.2) is 12.1 Å². The Labute approximate surface area is 96.3 Å². The number of carbonyl (C=O) groups is 1. The highest BCUT2D eigenvalue weighted by Crippen LogP contribution is 2.32. The first-order chi connectivity index (χ1) is 7.39. The lowest BCUT2D eigenvalue weighted by Crippen LogP contribution is -2.14. The molecule has 0 amide bonds. The van der Waals surface area contributed by atoms with Gasteiger partial charge in [0.15, 0.2) is 0 Å². The van der Waals surface area contributed by atoms with Crippen molar-refractivity contribution < 1.29 is 9.90 Å². The van der Waals surface area contributed by atoms with Gasteiger partial charge in [0.2, 0.25) is 0 Å². The molecule has 0 bridgehead atoms. The minimum absolute atomic E-state index is 0.0157. The van der Waals surface area contributed by atoms with E-state index < -0.39 is 5.97 Å². The van der Waals surface area contributed by atoms with Gasteiger partial charge < -0.3 is 5.11 Å². The van der Waals surface area contributed by atoms with Crippen molar-refractivity contribution in [1.29, 1.82) is 0 Å². The largest absolute Gasteiger partial charge is 0.478 e. The smallest absolute Gasteiger partial charge is 0.335 e. The van der Waals surface area contributed by atoms with E-state index in [0.717, 1.165) is 30.4 Å². The summed E-state index contributed by atoms with van der Waals surface area (Å²) in [5.41, 5.74) is 3.96. The normalized spacial score (nSPS) is 14.9. The summed E-state index contributed by atoms with van der Waals surface area (Å²) in [6, 6.07) is 4.04. The third-order valence-electron chi connectivity index (χ3n) is 3.31. The minimum atomic E-state index is -0.788. The molecule has 0 heterocycles. The Hall–Kier alpha value is -1.31. The standard InChI is InChI=1S/C14H18O2/c1-14(2,3)10-7-9-5-4-6-11(9)12(8-10)13(15)16/h7-8H,4-6H2,1-3H3,(H,15,16). The van der Waals surface area contributed by atoms with Crippen LogP contribution in [-0.4, -0.2) is 11.1 Å². The molecule has 1 N–H and O–H groups in total. The molecule has 0 radical (unpaired) electrons. The van der Waals surface area contributed by atoms with Crippen LogP contribution < -0.4 is 0 Å². The molecule has 2 heteroatoms. The second kappa shape index (κ2) is 3.62. The first-order valence-corrected chi connectivity index (χ1v) is 5.79. The molecule has 0 fully saturated rings. The summed E-state index contributed by atoms with van der Waals surface area (Å²) in [5, 5.41) is 9.24. The second-order valence-electron chi connectivity index (χ2n) is 5.57. The molecular formula is C14H18O2. The number of carboxylic acid groups (broad SMARTS) is 1. The molecular weight excluding hydrogens is 200 g/mol. The Bertz CT molecular complexity index is 439. The zero-order valence-electron chi connectivity index (χ0n) is 10.1. The van der Waals surface area contributed by atoms with Gasteiger partial charge in [0.05, 0.1) is 5.56 Å². The fourth-order valence-corrected chi connectivity index (χ4v) is 2.33. The number of hydrogen-bond donors (Lipinski definition) is 1. The molecule has 2 rings (SSSR count). The molecule has 1 aromatic carbocycles. The van der Waals surface area contributed by atoms with Crippen LogP contribution in [0.3, 0.4) is 0 Å². The van der Waals surface area contributed by atoms with Crippen molar-refractivity contribution in [2.24, 2.45) is 0 Å². The van der Waals surface area contributed by atoms with Crippen molar-refractivity contribution in [3.05, 3.63) is 34.4 Å². The zero-order valence-corrected chi connectivity index (χ0v) is 10.1. The quantitative estimate of drug-likeness (QED) is 0.786. The van der Waals surface area contributed by atoms with E-state index in [1.807, 2.05) is 6.07 Å². The lowest BCUT2D eigenvalue weighted by molar-refractivity contribution is 0.0695. The van der Waals surface area contributed by atoms with Gasteiger partial charge >= 0.3 is 5.97 Å². The first kappa shape index (κ1) is 11.2. The van der Waals surface area contributed by atoms with E-state index in [-0.39, 0.29) is 5.41 Å². The highest BCUT2D eigenvalue weighted by atomic mass is 16.4. The average Bonchev–Trinajstić information content (AvgIpc) is 2.61. The van der Waals surface area contributed by atoms with Gasteiger partial charge in [0.25, 0.3) is 0 Å². The Balaban J connectivity index is 2.61. The molecule has 1 aliphatic rings. The molecule has 0 saturated carbocycles. The summed E-state index contributed by atoms with van der Waals surface area (Å²) in [6.07, 6.45) is 3.03. The maximum absolute atomic E-state index is 11.2. The van der Waals surface area contributed by atoms with Gasteiger partial charge in [-0.3, -0.25) is 0 Å². The number of carboxylic acids is 1. The molecule has 0 unspecified atom stereocenters. The molecule has 1 aromatic rings. The monoisotopic (exact) mass is 218 g/mol. The number of aryl methyl sites for hydroxylation is 1. The van der Waals surface area contributed by atoms with Crippen LogP contribution in [0.5, 0.6) is 0 Å². The highest BCUT2D eigenvalue weighted by Gasteiger charge is 2.23. The van der Waals surface area contributed by atoms with Gasteiger partial charge in [-0.25, -0.2) is 4.79 Å². The molecule has 0 spiro atoms. The molecule has 86 valence electrons. The van der Waals surface area contributed by atoms with Crippen LogP contribution in [0.2, 0.25) is 0 Å². The molecule has 1 aliphatic carbocycles. The van der Waals surface area contributed by atoms with Gasteiger partial charge in [0.1, 0.15) is 0 Å². The Kier molecular flexibility index (Phi) is 2.53. The molecule has 2 nitrogen and oxygen atoms in total. The van der Waals surface area contributed by atoms with Crippen molar-refractivity contribution in [3.8, 4) is 0 Å². The summed E-state index contributed by atoms with van der Waals surface area (Å²) in [6.45, 7) is 6.36. The maximum atomic E-state index is 11.2. The third kappa shape index (κ3) is 1.84. The number of aromatic carboxylic acids is 1. The van der Waals surface area contributed by atoms with Crippen molar-refractivity contribution in [2.75, 3.05) is 0 Å². The van der Waals surface area contributed by atoms with Gasteiger partial charge in [-0.15, -0.1) is 0 Å². The molecule has 0 atom stereocenters. The molecule has 0 saturated heterocycles. The van der Waals surface area contributed by atoms with Crippen LogP contribution in [0, 0.1) is 0 Å². The SMILES string of the molecule is CC(C)(C)c1cc2c(c(C(=O)O)c1)CCC2. The van der Waals surface area contributed by atoms with Gasteiger partial charge in [-0.05, 0) is 47.4 Å². The van der Waals surface area contributed by atoms with Crippen LogP contribution in [0.1, 0.15) is 54.2 Å². The van der Waals surface area contributed by atoms with E-state index in [1.165, 1.54) is 5.56 Å². The molecule has 16 heavy (non-hydrogen) atoms. The van der Waals surface area contributed by atoms with Crippen LogP contribution in [0.4, 0.5) is 0 Å². The van der Waals surface area contributed by atoms with E-state index >= 15 is 0 Å². The summed E-state index contributed by atoms with van der Waals surface area (Å²) in [7, 11) is 0. The predicted octanol–water partition coefficient (Wildman–Crippen LogP) is 3.17. The van der Waals surface area contributed by atoms with E-state index in [0.29, 0.717) is 5.56 Å². The van der Waals surface area contributed by atoms with Crippen molar-refractivity contribution >= 4 is 5.97 Å². The summed E-state index contributed by atoms with van der Waals surface area (Å²) >= 11 is 0. The van der Waals surface area contributed by atoms with E-state index in [1.54, 1.807) is 0 Å². The number of hydrogen-bond acceptors (Lipinski definition) is 1. The third-order valence-corrected chi connectivity index (χ3v) is 3.31. The Morgan fingerprint density at radius 2 is 1.94 bits per heavy atom. The van der Waals surface area contributed by atoms with Crippen molar-refractivity contribution in [3.63, 3.8) is 0 Å². The van der Waals surface area contributed by atoms with Crippen LogP contribution in [-0.2, 0) is 18.3 Å². The molecule has 0 aromatic heterocycles. The van der Waals surface area contributed by atoms with E-state index in [2.05, 4.69) is 26.8 Å². The van der Waals surface area contributed by atoms with Gasteiger partial charge in [0, 0.05) is 0 Å². The van der Waals surface area contributed by atoms with E-state index in [9.17, 15) is 9.90 Å². The highest BCUT2D eigenvalue weighted by molar-refractivity contribution is 5.90. The second-order valence-corrected chi connectivity index (χ2v) is 5.57.